The average Bonchev–Trinajstić information content (AvgIpc) is 2.44. The first-order chi connectivity index (χ1) is 10.2. The van der Waals surface area contributed by atoms with Gasteiger partial charge in [0.1, 0.15) is 0 Å². The third-order valence-electron chi connectivity index (χ3n) is 4.14. The zero-order chi connectivity index (χ0) is 15.1. The van der Waals surface area contributed by atoms with E-state index in [1.54, 1.807) is 0 Å². The second-order valence-electron chi connectivity index (χ2n) is 5.97. The summed E-state index contributed by atoms with van der Waals surface area (Å²) < 4.78 is 6.71. The molecule has 1 aliphatic rings. The van der Waals surface area contributed by atoms with Crippen LogP contribution in [0.1, 0.15) is 45.2 Å². The number of hydrogen-bond acceptors (Lipinski definition) is 3. The summed E-state index contributed by atoms with van der Waals surface area (Å²) in [6.45, 7) is 6.23. The first kappa shape index (κ1) is 16.9. The Labute approximate surface area is 137 Å². The van der Waals surface area contributed by atoms with Crippen LogP contribution in [-0.2, 0) is 11.2 Å². The van der Waals surface area contributed by atoms with E-state index >= 15 is 0 Å². The molecule has 0 bridgehead atoms. The van der Waals surface area contributed by atoms with Gasteiger partial charge >= 0.3 is 0 Å². The van der Waals surface area contributed by atoms with Gasteiger partial charge in [0.05, 0.1) is 6.10 Å². The lowest BCUT2D eigenvalue weighted by Gasteiger charge is -2.37. The molecule has 1 aromatic rings. The van der Waals surface area contributed by atoms with Crippen molar-refractivity contribution in [2.75, 3.05) is 13.2 Å². The molecule has 2 rings (SSSR count). The molecular weight excluding hydrogens is 328 g/mol. The fraction of sp³-hybridized carbons (Fsp3) is 0.706. The first-order valence-corrected chi connectivity index (χ1v) is 8.96. The molecule has 0 radical (unpaired) electrons. The monoisotopic (exact) mass is 354 g/mol. The van der Waals surface area contributed by atoms with Crippen LogP contribution in [0.25, 0.3) is 0 Å². The second-order valence-corrected chi connectivity index (χ2v) is 6.89. The van der Waals surface area contributed by atoms with Crippen molar-refractivity contribution in [2.24, 2.45) is 5.92 Å². The molecule has 1 heterocycles. The van der Waals surface area contributed by atoms with Gasteiger partial charge in [-0.25, -0.2) is 0 Å². The van der Waals surface area contributed by atoms with E-state index in [0.717, 1.165) is 30.0 Å². The van der Waals surface area contributed by atoms with Crippen molar-refractivity contribution in [1.29, 1.82) is 0 Å². The maximum Gasteiger partial charge on any atom is 0.0580 e. The third-order valence-corrected chi connectivity index (χ3v) is 4.61. The van der Waals surface area contributed by atoms with Crippen LogP contribution in [0.15, 0.2) is 22.8 Å². The minimum Gasteiger partial charge on any atom is -0.378 e. The van der Waals surface area contributed by atoms with E-state index in [-0.39, 0.29) is 0 Å². The van der Waals surface area contributed by atoms with Gasteiger partial charge < -0.3 is 10.1 Å². The molecular formula is C17H27BrN2O. The number of rotatable bonds is 9. The van der Waals surface area contributed by atoms with Crippen LogP contribution in [-0.4, -0.2) is 30.3 Å². The van der Waals surface area contributed by atoms with Gasteiger partial charge in [-0.2, -0.15) is 0 Å². The maximum absolute atomic E-state index is 5.66. The molecule has 0 saturated heterocycles. The van der Waals surface area contributed by atoms with Crippen molar-refractivity contribution in [2.45, 2.75) is 58.1 Å². The minimum atomic E-state index is 0.512. The standard InChI is InChI=1S/C17H27BrN2O/c1-3-7-19-16(8-13-9-17(10-13)21-4-2)11-15-6-5-14(18)12-20-15/h5-6,12-13,16-17,19H,3-4,7-11H2,1-2H3. The fourth-order valence-corrected chi connectivity index (χ4v) is 3.24. The minimum absolute atomic E-state index is 0.512. The molecule has 4 heteroatoms. The largest absolute Gasteiger partial charge is 0.378 e. The normalized spacial score (nSPS) is 22.8. The van der Waals surface area contributed by atoms with E-state index in [1.807, 2.05) is 6.20 Å². The Balaban J connectivity index is 1.81. The van der Waals surface area contributed by atoms with Gasteiger partial charge in [-0.3, -0.25) is 4.98 Å². The SMILES string of the molecule is CCCNC(Cc1ccc(Br)cn1)CC1CC(OCC)C1. The number of halogens is 1. The van der Waals surface area contributed by atoms with Gasteiger partial charge in [-0.15, -0.1) is 0 Å². The van der Waals surface area contributed by atoms with Crippen molar-refractivity contribution >= 4 is 15.9 Å². The zero-order valence-corrected chi connectivity index (χ0v) is 14.7. The lowest BCUT2D eigenvalue weighted by Crippen LogP contribution is -2.39. The molecule has 1 atom stereocenters. The molecule has 1 saturated carbocycles. The van der Waals surface area contributed by atoms with Gasteiger partial charge in [0.15, 0.2) is 0 Å². The summed E-state index contributed by atoms with van der Waals surface area (Å²) in [7, 11) is 0. The maximum atomic E-state index is 5.66. The quantitative estimate of drug-likeness (QED) is 0.728. The average molecular weight is 355 g/mol. The summed E-state index contributed by atoms with van der Waals surface area (Å²) in [6, 6.07) is 4.73. The fourth-order valence-electron chi connectivity index (χ4n) is 3.01. The summed E-state index contributed by atoms with van der Waals surface area (Å²) in [5.41, 5.74) is 1.17. The van der Waals surface area contributed by atoms with Gasteiger partial charge in [0.2, 0.25) is 0 Å². The van der Waals surface area contributed by atoms with Gasteiger partial charge in [-0.05, 0) is 73.1 Å². The van der Waals surface area contributed by atoms with Crippen molar-refractivity contribution in [3.8, 4) is 0 Å². The summed E-state index contributed by atoms with van der Waals surface area (Å²) in [4.78, 5) is 4.51. The Morgan fingerprint density at radius 2 is 2.19 bits per heavy atom. The number of nitrogens with zero attached hydrogens (tertiary/aromatic N) is 1. The summed E-state index contributed by atoms with van der Waals surface area (Å²) in [5, 5.41) is 3.69. The van der Waals surface area contributed by atoms with Crippen LogP contribution in [0.3, 0.4) is 0 Å². The molecule has 1 unspecified atom stereocenters. The molecule has 1 aromatic heterocycles. The van der Waals surface area contributed by atoms with Gasteiger partial charge in [0, 0.05) is 35.4 Å². The summed E-state index contributed by atoms with van der Waals surface area (Å²) in [5.74, 6) is 0.811. The molecule has 0 aliphatic heterocycles. The lowest BCUT2D eigenvalue weighted by molar-refractivity contribution is -0.0290. The first-order valence-electron chi connectivity index (χ1n) is 8.16. The molecule has 3 nitrogen and oxygen atoms in total. The summed E-state index contributed by atoms with van der Waals surface area (Å²) >= 11 is 3.44. The predicted molar refractivity (Wildman–Crippen MR) is 90.5 cm³/mol. The summed E-state index contributed by atoms with van der Waals surface area (Å²) in [6.07, 6.45) is 8.29. The Morgan fingerprint density at radius 3 is 2.81 bits per heavy atom. The Bertz CT molecular complexity index is 404. The third kappa shape index (κ3) is 5.68. The Hall–Kier alpha value is -0.450. The van der Waals surface area contributed by atoms with E-state index < -0.39 is 0 Å². The molecule has 21 heavy (non-hydrogen) atoms. The second kappa shape index (κ2) is 8.86. The van der Waals surface area contributed by atoms with Crippen LogP contribution >= 0.6 is 15.9 Å². The van der Waals surface area contributed by atoms with Crippen molar-refractivity contribution in [1.82, 2.24) is 10.3 Å². The molecule has 0 amide bonds. The molecule has 118 valence electrons. The highest BCUT2D eigenvalue weighted by atomic mass is 79.9. The molecule has 0 aromatic carbocycles. The molecule has 1 N–H and O–H groups in total. The van der Waals surface area contributed by atoms with Crippen LogP contribution in [0.2, 0.25) is 0 Å². The topological polar surface area (TPSA) is 34.2 Å². The molecule has 1 fully saturated rings. The van der Waals surface area contributed by atoms with E-state index in [9.17, 15) is 0 Å². The van der Waals surface area contributed by atoms with E-state index in [1.165, 1.54) is 31.4 Å². The number of nitrogens with one attached hydrogen (secondary N) is 1. The molecule has 1 aliphatic carbocycles. The van der Waals surface area contributed by atoms with Crippen LogP contribution in [0.5, 0.6) is 0 Å². The molecule has 0 spiro atoms. The smallest absolute Gasteiger partial charge is 0.0580 e. The van der Waals surface area contributed by atoms with Crippen molar-refractivity contribution in [3.63, 3.8) is 0 Å². The zero-order valence-electron chi connectivity index (χ0n) is 13.1. The predicted octanol–water partition coefficient (Wildman–Crippen LogP) is 3.96. The number of aromatic nitrogens is 1. The Kier molecular flexibility index (Phi) is 7.14. The van der Waals surface area contributed by atoms with Crippen molar-refractivity contribution < 1.29 is 4.74 Å². The van der Waals surface area contributed by atoms with Gasteiger partial charge in [0.25, 0.3) is 0 Å². The Morgan fingerprint density at radius 1 is 1.38 bits per heavy atom. The van der Waals surface area contributed by atoms with Crippen LogP contribution < -0.4 is 5.32 Å². The highest BCUT2D eigenvalue weighted by Gasteiger charge is 2.31. The van der Waals surface area contributed by atoms with Crippen LogP contribution in [0.4, 0.5) is 0 Å². The number of pyridine rings is 1. The van der Waals surface area contributed by atoms with E-state index in [2.05, 4.69) is 52.2 Å². The van der Waals surface area contributed by atoms with E-state index in [4.69, 9.17) is 4.74 Å². The highest BCUT2D eigenvalue weighted by molar-refractivity contribution is 9.10. The lowest BCUT2D eigenvalue weighted by atomic mass is 9.77. The van der Waals surface area contributed by atoms with Gasteiger partial charge in [-0.1, -0.05) is 6.92 Å². The van der Waals surface area contributed by atoms with Crippen molar-refractivity contribution in [3.05, 3.63) is 28.5 Å². The van der Waals surface area contributed by atoms with Crippen LogP contribution in [0, 0.1) is 5.92 Å². The highest BCUT2D eigenvalue weighted by Crippen LogP contribution is 2.34. The number of hydrogen-bond donors (Lipinski definition) is 1. The van der Waals surface area contributed by atoms with E-state index in [0.29, 0.717) is 12.1 Å². The number of ether oxygens (including phenoxy) is 1.